The molecule has 0 spiro atoms. The van der Waals surface area contributed by atoms with Gasteiger partial charge in [-0.05, 0) is 86.8 Å². The second kappa shape index (κ2) is 11.4. The quantitative estimate of drug-likeness (QED) is 0.404. The van der Waals surface area contributed by atoms with E-state index in [9.17, 15) is 4.79 Å². The molecule has 0 saturated carbocycles. The summed E-state index contributed by atoms with van der Waals surface area (Å²) in [4.78, 5) is 15.9. The molecule has 4 heteroatoms. The molecule has 2 aromatic carbocycles. The molecule has 0 aromatic heterocycles. The topological polar surface area (TPSA) is 32.3 Å². The molecule has 0 bridgehead atoms. The van der Waals surface area contributed by atoms with Gasteiger partial charge >= 0.3 is 0 Å². The van der Waals surface area contributed by atoms with Crippen LogP contribution in [0.5, 0.6) is 0 Å². The number of rotatable bonds is 9. The SMILES string of the molecule is CC(C)C(=O)Nc1cccc(C2CCN(CCCCSc3ccccc3)CC2)c1. The maximum Gasteiger partial charge on any atom is 0.226 e. The number of likely N-dealkylation sites (tertiary alicyclic amines) is 1. The molecule has 1 aliphatic rings. The normalized spacial score (nSPS) is 15.6. The number of benzene rings is 2. The number of carbonyl (C=O) groups excluding carboxylic acids is 1. The fourth-order valence-electron chi connectivity index (χ4n) is 3.79. The van der Waals surface area contributed by atoms with Crippen LogP contribution in [0.2, 0.25) is 0 Å². The predicted molar refractivity (Wildman–Crippen MR) is 125 cm³/mol. The second-order valence-electron chi connectivity index (χ2n) is 8.25. The third kappa shape index (κ3) is 7.20. The monoisotopic (exact) mass is 410 g/mol. The van der Waals surface area contributed by atoms with Gasteiger partial charge in [0.25, 0.3) is 0 Å². The molecule has 3 rings (SSSR count). The Kier molecular flexibility index (Phi) is 8.63. The van der Waals surface area contributed by atoms with Crippen LogP contribution in [0.25, 0.3) is 0 Å². The molecule has 0 radical (unpaired) electrons. The lowest BCUT2D eigenvalue weighted by molar-refractivity contribution is -0.118. The number of unbranched alkanes of at least 4 members (excludes halogenated alkanes) is 1. The van der Waals surface area contributed by atoms with Crippen LogP contribution in [0.4, 0.5) is 5.69 Å². The summed E-state index contributed by atoms with van der Waals surface area (Å²) >= 11 is 1.96. The summed E-state index contributed by atoms with van der Waals surface area (Å²) in [5.41, 5.74) is 2.30. The Morgan fingerprint density at radius 3 is 2.55 bits per heavy atom. The molecular formula is C25H34N2OS. The average Bonchev–Trinajstić information content (AvgIpc) is 2.75. The maximum absolute atomic E-state index is 12.0. The molecule has 2 aromatic rings. The Morgan fingerprint density at radius 2 is 1.83 bits per heavy atom. The minimum Gasteiger partial charge on any atom is -0.326 e. The molecule has 3 nitrogen and oxygen atoms in total. The Bertz CT molecular complexity index is 754. The minimum absolute atomic E-state index is 0.00740. The van der Waals surface area contributed by atoms with Crippen molar-refractivity contribution in [3.8, 4) is 0 Å². The maximum atomic E-state index is 12.0. The zero-order valence-corrected chi connectivity index (χ0v) is 18.6. The van der Waals surface area contributed by atoms with Crippen LogP contribution in [0.3, 0.4) is 0 Å². The summed E-state index contributed by atoms with van der Waals surface area (Å²) in [5, 5.41) is 3.03. The highest BCUT2D eigenvalue weighted by Gasteiger charge is 2.20. The van der Waals surface area contributed by atoms with E-state index in [4.69, 9.17) is 0 Å². The highest BCUT2D eigenvalue weighted by atomic mass is 32.2. The Labute approximate surface area is 180 Å². The molecule has 1 heterocycles. The van der Waals surface area contributed by atoms with Crippen molar-refractivity contribution in [3.63, 3.8) is 0 Å². The number of hydrogen-bond acceptors (Lipinski definition) is 3. The van der Waals surface area contributed by atoms with Gasteiger partial charge in [-0.2, -0.15) is 0 Å². The van der Waals surface area contributed by atoms with Crippen molar-refractivity contribution in [2.24, 2.45) is 5.92 Å². The Hall–Kier alpha value is -1.78. The summed E-state index contributed by atoms with van der Waals surface area (Å²) in [7, 11) is 0. The second-order valence-corrected chi connectivity index (χ2v) is 9.42. The number of piperidine rings is 1. The summed E-state index contributed by atoms with van der Waals surface area (Å²) in [6.45, 7) is 7.43. The Morgan fingerprint density at radius 1 is 1.07 bits per heavy atom. The molecule has 1 aliphatic heterocycles. The van der Waals surface area contributed by atoms with E-state index in [-0.39, 0.29) is 11.8 Å². The lowest BCUT2D eigenvalue weighted by atomic mass is 9.89. The molecule has 0 aliphatic carbocycles. The first kappa shape index (κ1) is 21.9. The number of carbonyl (C=O) groups is 1. The standard InChI is InChI=1S/C25H34N2OS/c1-20(2)25(28)26-23-10-8-9-22(19-23)21-13-16-27(17-14-21)15-6-7-18-29-24-11-4-3-5-12-24/h3-5,8-12,19-21H,6-7,13-18H2,1-2H3,(H,26,28). The van der Waals surface area contributed by atoms with Crippen LogP contribution in [0.15, 0.2) is 59.5 Å². The van der Waals surface area contributed by atoms with Crippen LogP contribution in [-0.4, -0.2) is 36.2 Å². The number of amides is 1. The number of nitrogens with zero attached hydrogens (tertiary/aromatic N) is 1. The van der Waals surface area contributed by atoms with Crippen LogP contribution in [0, 0.1) is 5.92 Å². The molecule has 29 heavy (non-hydrogen) atoms. The summed E-state index contributed by atoms with van der Waals surface area (Å²) in [5.74, 6) is 1.90. The third-order valence-electron chi connectivity index (χ3n) is 5.62. The molecule has 0 atom stereocenters. The van der Waals surface area contributed by atoms with Crippen LogP contribution in [0.1, 0.15) is 51.0 Å². The van der Waals surface area contributed by atoms with Crippen molar-refractivity contribution in [1.82, 2.24) is 4.90 Å². The molecule has 1 fully saturated rings. The van der Waals surface area contributed by atoms with Gasteiger partial charge in [0, 0.05) is 16.5 Å². The summed E-state index contributed by atoms with van der Waals surface area (Å²) in [6, 6.07) is 19.1. The minimum atomic E-state index is 0.00740. The van der Waals surface area contributed by atoms with Gasteiger partial charge in [0.15, 0.2) is 0 Å². The van der Waals surface area contributed by atoms with E-state index in [2.05, 4.69) is 58.7 Å². The van der Waals surface area contributed by atoms with E-state index < -0.39 is 0 Å². The largest absolute Gasteiger partial charge is 0.326 e. The zero-order chi connectivity index (χ0) is 20.5. The first-order chi connectivity index (χ1) is 14.1. The van der Waals surface area contributed by atoms with Crippen molar-refractivity contribution < 1.29 is 4.79 Å². The van der Waals surface area contributed by atoms with Gasteiger partial charge in [0.05, 0.1) is 0 Å². The lowest BCUT2D eigenvalue weighted by Gasteiger charge is -2.32. The molecule has 1 saturated heterocycles. The summed E-state index contributed by atoms with van der Waals surface area (Å²) < 4.78 is 0. The van der Waals surface area contributed by atoms with E-state index in [0.29, 0.717) is 5.92 Å². The number of thioether (sulfide) groups is 1. The first-order valence-corrected chi connectivity index (χ1v) is 11.9. The third-order valence-corrected chi connectivity index (χ3v) is 6.72. The van der Waals surface area contributed by atoms with Crippen LogP contribution in [-0.2, 0) is 4.79 Å². The van der Waals surface area contributed by atoms with E-state index in [1.807, 2.05) is 31.7 Å². The predicted octanol–water partition coefficient (Wildman–Crippen LogP) is 6.03. The van der Waals surface area contributed by atoms with Crippen molar-refractivity contribution >= 4 is 23.4 Å². The van der Waals surface area contributed by atoms with Crippen molar-refractivity contribution in [2.75, 3.05) is 30.7 Å². The molecule has 1 amide bonds. The van der Waals surface area contributed by atoms with Crippen molar-refractivity contribution in [2.45, 2.75) is 50.3 Å². The lowest BCUT2D eigenvalue weighted by Crippen LogP contribution is -2.33. The van der Waals surface area contributed by atoms with Crippen LogP contribution < -0.4 is 5.32 Å². The highest BCUT2D eigenvalue weighted by molar-refractivity contribution is 7.99. The molecule has 1 N–H and O–H groups in total. The van der Waals surface area contributed by atoms with Crippen molar-refractivity contribution in [1.29, 1.82) is 0 Å². The number of hydrogen-bond donors (Lipinski definition) is 1. The van der Waals surface area contributed by atoms with Gasteiger partial charge in [0.1, 0.15) is 0 Å². The van der Waals surface area contributed by atoms with Crippen LogP contribution >= 0.6 is 11.8 Å². The van der Waals surface area contributed by atoms with Crippen molar-refractivity contribution in [3.05, 3.63) is 60.2 Å². The zero-order valence-electron chi connectivity index (χ0n) is 17.8. The van der Waals surface area contributed by atoms with E-state index in [0.717, 1.165) is 5.69 Å². The van der Waals surface area contributed by atoms with Gasteiger partial charge in [-0.1, -0.05) is 44.2 Å². The van der Waals surface area contributed by atoms with Gasteiger partial charge in [0.2, 0.25) is 5.91 Å². The van der Waals surface area contributed by atoms with Gasteiger partial charge in [-0.15, -0.1) is 11.8 Å². The smallest absolute Gasteiger partial charge is 0.226 e. The fourth-order valence-corrected chi connectivity index (χ4v) is 4.72. The summed E-state index contributed by atoms with van der Waals surface area (Å²) in [6.07, 6.45) is 4.97. The van der Waals surface area contributed by atoms with Gasteiger partial charge in [-0.25, -0.2) is 0 Å². The molecule has 0 unspecified atom stereocenters. The van der Waals surface area contributed by atoms with Gasteiger partial charge < -0.3 is 10.2 Å². The highest BCUT2D eigenvalue weighted by Crippen LogP contribution is 2.30. The number of anilines is 1. The van der Waals surface area contributed by atoms with E-state index in [1.165, 1.54) is 61.5 Å². The Balaban J connectivity index is 1.36. The number of nitrogens with one attached hydrogen (secondary N) is 1. The van der Waals surface area contributed by atoms with Gasteiger partial charge in [-0.3, -0.25) is 4.79 Å². The molecular weight excluding hydrogens is 376 g/mol. The first-order valence-electron chi connectivity index (χ1n) is 10.9. The van der Waals surface area contributed by atoms with E-state index >= 15 is 0 Å². The fraction of sp³-hybridized carbons (Fsp3) is 0.480. The average molecular weight is 411 g/mol. The van der Waals surface area contributed by atoms with E-state index in [1.54, 1.807) is 0 Å². The molecule has 156 valence electrons.